The van der Waals surface area contributed by atoms with Crippen molar-refractivity contribution in [1.29, 1.82) is 0 Å². The van der Waals surface area contributed by atoms with Gasteiger partial charge in [0.15, 0.2) is 24.8 Å². The van der Waals surface area contributed by atoms with Gasteiger partial charge in [-0.2, -0.15) is 0 Å². The quantitative estimate of drug-likeness (QED) is 0.558. The van der Waals surface area contributed by atoms with Gasteiger partial charge in [-0.1, -0.05) is 13.2 Å². The zero-order valence-electron chi connectivity index (χ0n) is 12.5. The summed E-state index contributed by atoms with van der Waals surface area (Å²) in [5, 5.41) is 0. The van der Waals surface area contributed by atoms with Gasteiger partial charge in [-0.05, 0) is 24.0 Å². The first-order valence-corrected chi connectivity index (χ1v) is 7.01. The van der Waals surface area contributed by atoms with E-state index in [1.807, 2.05) is 7.05 Å². The fourth-order valence-corrected chi connectivity index (χ4v) is 2.04. The van der Waals surface area contributed by atoms with Gasteiger partial charge in [-0.3, -0.25) is 0 Å². The first kappa shape index (κ1) is 17.5. The van der Waals surface area contributed by atoms with E-state index in [0.29, 0.717) is 0 Å². The molecule has 0 N–H and O–H groups in total. The van der Waals surface area contributed by atoms with E-state index in [0.717, 1.165) is 25.6 Å². The summed E-state index contributed by atoms with van der Waals surface area (Å²) in [6.45, 7) is 2.18. The maximum atomic E-state index is 2.28. The second-order valence-electron chi connectivity index (χ2n) is 4.97. The smallest absolute Gasteiger partial charge is 0.200 e. The molecule has 2 heterocycles. The predicted octanol–water partition coefficient (Wildman–Crippen LogP) is 1.68. The molecule has 0 bridgehead atoms. The Morgan fingerprint density at radius 3 is 1.90 bits per heavy atom. The van der Waals surface area contributed by atoms with Crippen molar-refractivity contribution in [3.05, 3.63) is 60.2 Å². The maximum absolute atomic E-state index is 2.28. The van der Waals surface area contributed by atoms with E-state index in [1.165, 1.54) is 11.1 Å². The minimum absolute atomic E-state index is 0. The Morgan fingerprint density at radius 1 is 0.900 bits per heavy atom. The Labute approximate surface area is 148 Å². The number of aryl methyl sites for hydroxylation is 3. The molecular weight excluding hydrogens is 320 g/mol. The summed E-state index contributed by atoms with van der Waals surface area (Å²) in [5.74, 6) is 0. The molecule has 0 unspecified atom stereocenters. The molecule has 2 rings (SSSR count). The average Bonchev–Trinajstić information content (AvgIpc) is 2.46. The fraction of sp³-hybridized carbons (Fsp3) is 0.375. The SMILES string of the molecule is CC[B]C[n+]1ccc(CCc2cc[n+](C)cc2)cc1.[Y]. The van der Waals surface area contributed by atoms with Crippen LogP contribution in [0, 0.1) is 0 Å². The molecule has 100 valence electrons. The second-order valence-corrected chi connectivity index (χ2v) is 4.97. The molecule has 2 aromatic rings. The maximum Gasteiger partial charge on any atom is 0.200 e. The Morgan fingerprint density at radius 2 is 1.40 bits per heavy atom. The largest absolute Gasteiger partial charge is 0.214 e. The first-order chi connectivity index (χ1) is 9.28. The molecule has 0 aromatic carbocycles. The third-order valence-electron chi connectivity index (χ3n) is 3.34. The number of nitrogens with zero attached hydrogens (tertiary/aromatic N) is 2. The van der Waals surface area contributed by atoms with Crippen LogP contribution in [0.4, 0.5) is 0 Å². The fourth-order valence-electron chi connectivity index (χ4n) is 2.04. The first-order valence-electron chi connectivity index (χ1n) is 7.01. The Kier molecular flexibility index (Phi) is 8.25. The van der Waals surface area contributed by atoms with Crippen LogP contribution < -0.4 is 9.13 Å². The van der Waals surface area contributed by atoms with E-state index >= 15 is 0 Å². The number of hydrogen-bond acceptors (Lipinski definition) is 0. The molecule has 0 spiro atoms. The molecule has 0 aliphatic rings. The van der Waals surface area contributed by atoms with Crippen LogP contribution >= 0.6 is 0 Å². The zero-order valence-corrected chi connectivity index (χ0v) is 15.3. The third-order valence-corrected chi connectivity index (χ3v) is 3.34. The van der Waals surface area contributed by atoms with Gasteiger partial charge >= 0.3 is 0 Å². The molecule has 2 radical (unpaired) electrons. The minimum atomic E-state index is 0. The summed E-state index contributed by atoms with van der Waals surface area (Å²) in [4.78, 5) is 0. The van der Waals surface area contributed by atoms with E-state index in [-0.39, 0.29) is 32.7 Å². The van der Waals surface area contributed by atoms with E-state index in [4.69, 9.17) is 0 Å². The van der Waals surface area contributed by atoms with Crippen LogP contribution in [0.25, 0.3) is 0 Å². The van der Waals surface area contributed by atoms with Crippen LogP contribution in [-0.2, 0) is 59.0 Å². The zero-order chi connectivity index (χ0) is 13.5. The predicted molar refractivity (Wildman–Crippen MR) is 77.9 cm³/mol. The van der Waals surface area contributed by atoms with Gasteiger partial charge in [0.25, 0.3) is 0 Å². The number of rotatable bonds is 6. The van der Waals surface area contributed by atoms with Crippen molar-refractivity contribution >= 4 is 7.28 Å². The molecule has 0 aliphatic carbocycles. The number of pyridine rings is 2. The van der Waals surface area contributed by atoms with Gasteiger partial charge in [0.05, 0.1) is 0 Å². The third kappa shape index (κ3) is 5.85. The topological polar surface area (TPSA) is 7.76 Å². The molecule has 0 atom stereocenters. The number of aromatic nitrogens is 2. The summed E-state index contributed by atoms with van der Waals surface area (Å²) in [6, 6.07) is 8.84. The van der Waals surface area contributed by atoms with Gasteiger partial charge in [-0.15, -0.1) is 0 Å². The molecule has 4 heteroatoms. The van der Waals surface area contributed by atoms with Crippen LogP contribution in [0.1, 0.15) is 18.1 Å². The van der Waals surface area contributed by atoms with Crippen molar-refractivity contribution in [2.75, 3.05) is 0 Å². The molecule has 0 fully saturated rings. The van der Waals surface area contributed by atoms with Crippen LogP contribution in [0.2, 0.25) is 6.32 Å². The van der Waals surface area contributed by atoms with Crippen LogP contribution in [0.5, 0.6) is 0 Å². The molecule has 0 saturated carbocycles. The van der Waals surface area contributed by atoms with Crippen LogP contribution in [-0.4, -0.2) is 7.28 Å². The summed E-state index contributed by atoms with van der Waals surface area (Å²) in [6.07, 6.45) is 12.9. The Balaban J connectivity index is 0.00000200. The van der Waals surface area contributed by atoms with E-state index in [9.17, 15) is 0 Å². The van der Waals surface area contributed by atoms with Gasteiger partial charge in [0.2, 0.25) is 7.28 Å². The second kappa shape index (κ2) is 9.41. The van der Waals surface area contributed by atoms with Gasteiger partial charge in [0.1, 0.15) is 13.5 Å². The van der Waals surface area contributed by atoms with Crippen LogP contribution in [0.15, 0.2) is 49.1 Å². The molecule has 0 saturated heterocycles. The normalized spacial score (nSPS) is 9.90. The van der Waals surface area contributed by atoms with E-state index < -0.39 is 0 Å². The monoisotopic (exact) mass is 342 g/mol. The Hall–Kier alpha value is -0.531. The minimum Gasteiger partial charge on any atom is -0.214 e. The van der Waals surface area contributed by atoms with Crippen molar-refractivity contribution in [2.24, 2.45) is 7.05 Å². The summed E-state index contributed by atoms with van der Waals surface area (Å²) >= 11 is 0. The molecule has 0 aliphatic heterocycles. The molecule has 2 nitrogen and oxygen atoms in total. The van der Waals surface area contributed by atoms with Gasteiger partial charge < -0.3 is 0 Å². The molecule has 2 aromatic heterocycles. The van der Waals surface area contributed by atoms with Crippen molar-refractivity contribution in [3.63, 3.8) is 0 Å². The van der Waals surface area contributed by atoms with Gasteiger partial charge in [0, 0.05) is 57.0 Å². The van der Waals surface area contributed by atoms with Crippen LogP contribution in [0.3, 0.4) is 0 Å². The van der Waals surface area contributed by atoms with E-state index in [2.05, 4.69) is 72.4 Å². The molecule has 0 amide bonds. The summed E-state index contributed by atoms with van der Waals surface area (Å²) in [5.41, 5.74) is 2.80. The average molecular weight is 342 g/mol. The Bertz CT molecular complexity index is 497. The van der Waals surface area contributed by atoms with Crippen molar-refractivity contribution in [3.8, 4) is 0 Å². The summed E-state index contributed by atoms with van der Waals surface area (Å²) < 4.78 is 4.29. The van der Waals surface area contributed by atoms with Gasteiger partial charge in [-0.25, -0.2) is 9.13 Å². The van der Waals surface area contributed by atoms with Crippen molar-refractivity contribution < 1.29 is 41.8 Å². The summed E-state index contributed by atoms with van der Waals surface area (Å²) in [7, 11) is 4.33. The molecule has 20 heavy (non-hydrogen) atoms. The number of hydrogen-bond donors (Lipinski definition) is 0. The van der Waals surface area contributed by atoms with Crippen molar-refractivity contribution in [2.45, 2.75) is 32.5 Å². The standard InChI is InChI=1S/C16H22BN2.Y/c1-3-17-14-19-12-8-16(9-13-19)5-4-15-6-10-18(2)11-7-15;/h6-13H,3-5,14H2,1-2H3;/q+2;. The molecular formula is C16H22BN2Y+2. The van der Waals surface area contributed by atoms with Crippen molar-refractivity contribution in [1.82, 2.24) is 0 Å². The van der Waals surface area contributed by atoms with E-state index in [1.54, 1.807) is 0 Å².